The average molecular weight is 309 g/mol. The van der Waals surface area contributed by atoms with Gasteiger partial charge in [0.15, 0.2) is 5.69 Å². The van der Waals surface area contributed by atoms with Crippen LogP contribution in [0, 0.1) is 20.2 Å². The van der Waals surface area contributed by atoms with Gasteiger partial charge in [-0.15, -0.1) is 0 Å². The molecular weight excluding hydrogens is 286 g/mol. The first kappa shape index (κ1) is 17.9. The Morgan fingerprint density at radius 3 is 1.95 bits per heavy atom. The lowest BCUT2D eigenvalue weighted by molar-refractivity contribution is -0.393. The lowest BCUT2D eigenvalue weighted by atomic mass is 10.0. The molecule has 0 atom stereocenters. The van der Waals surface area contributed by atoms with Gasteiger partial charge < -0.3 is 4.90 Å². The van der Waals surface area contributed by atoms with Gasteiger partial charge in [0.05, 0.1) is 9.85 Å². The molecule has 22 heavy (non-hydrogen) atoms. The second kappa shape index (κ2) is 8.31. The zero-order valence-corrected chi connectivity index (χ0v) is 13.4. The Bertz CT molecular complexity index is 540. The number of hydrogen-bond donors (Lipinski definition) is 0. The van der Waals surface area contributed by atoms with Crippen molar-refractivity contribution in [2.75, 3.05) is 18.0 Å². The van der Waals surface area contributed by atoms with E-state index in [0.717, 1.165) is 19.3 Å². The Kier molecular flexibility index (Phi) is 6.75. The molecule has 0 heterocycles. The summed E-state index contributed by atoms with van der Waals surface area (Å²) in [6.07, 6.45) is 2.83. The van der Waals surface area contributed by atoms with Crippen molar-refractivity contribution in [1.82, 2.24) is 0 Å². The predicted octanol–water partition coefficient (Wildman–Crippen LogP) is 4.08. The summed E-state index contributed by atoms with van der Waals surface area (Å²) in [6.45, 7) is 6.96. The Morgan fingerprint density at radius 1 is 0.955 bits per heavy atom. The molecule has 0 radical (unpaired) electrons. The second-order valence-corrected chi connectivity index (χ2v) is 5.19. The van der Waals surface area contributed by atoms with Crippen molar-refractivity contribution in [3.63, 3.8) is 0 Å². The third kappa shape index (κ3) is 3.93. The highest BCUT2D eigenvalue weighted by molar-refractivity contribution is 5.77. The van der Waals surface area contributed by atoms with Gasteiger partial charge in [0.1, 0.15) is 0 Å². The number of hydrogen-bond acceptors (Lipinski definition) is 5. The SMILES string of the molecule is CCCc1ccc([N+](=O)[O-])c(N(CCC)CCC)c1[N+](=O)[O-]. The van der Waals surface area contributed by atoms with Crippen molar-refractivity contribution < 1.29 is 9.85 Å². The first-order valence-electron chi connectivity index (χ1n) is 7.67. The van der Waals surface area contributed by atoms with Gasteiger partial charge in [0, 0.05) is 24.7 Å². The first-order chi connectivity index (χ1) is 10.5. The van der Waals surface area contributed by atoms with Crippen LogP contribution in [0.1, 0.15) is 45.6 Å². The third-order valence-corrected chi connectivity index (χ3v) is 3.42. The van der Waals surface area contributed by atoms with Crippen LogP contribution in [0.4, 0.5) is 17.1 Å². The zero-order valence-electron chi connectivity index (χ0n) is 13.4. The van der Waals surface area contributed by atoms with E-state index in [0.29, 0.717) is 25.1 Å². The molecule has 0 aliphatic heterocycles. The van der Waals surface area contributed by atoms with E-state index < -0.39 is 9.85 Å². The van der Waals surface area contributed by atoms with Crippen molar-refractivity contribution in [2.24, 2.45) is 0 Å². The van der Waals surface area contributed by atoms with E-state index in [2.05, 4.69) is 0 Å². The van der Waals surface area contributed by atoms with Crippen LogP contribution in [0.5, 0.6) is 0 Å². The van der Waals surface area contributed by atoms with E-state index in [1.807, 2.05) is 20.8 Å². The molecule has 0 aromatic heterocycles. The van der Waals surface area contributed by atoms with Crippen molar-refractivity contribution in [2.45, 2.75) is 46.5 Å². The van der Waals surface area contributed by atoms with Gasteiger partial charge in [-0.25, -0.2) is 0 Å². The summed E-state index contributed by atoms with van der Waals surface area (Å²) in [5.74, 6) is 0. The lowest BCUT2D eigenvalue weighted by Gasteiger charge is -2.24. The van der Waals surface area contributed by atoms with Gasteiger partial charge in [-0.05, 0) is 25.3 Å². The summed E-state index contributed by atoms with van der Waals surface area (Å²) >= 11 is 0. The van der Waals surface area contributed by atoms with E-state index in [9.17, 15) is 20.2 Å². The van der Waals surface area contributed by atoms with Crippen LogP contribution in [0.25, 0.3) is 0 Å². The first-order valence-corrected chi connectivity index (χ1v) is 7.67. The number of aryl methyl sites for hydroxylation is 1. The number of nitro groups is 2. The van der Waals surface area contributed by atoms with Crippen LogP contribution in [0.2, 0.25) is 0 Å². The molecule has 7 nitrogen and oxygen atoms in total. The molecule has 0 saturated heterocycles. The summed E-state index contributed by atoms with van der Waals surface area (Å²) in [5.41, 5.74) is 0.418. The zero-order chi connectivity index (χ0) is 16.7. The molecule has 0 N–H and O–H groups in total. The van der Waals surface area contributed by atoms with Crippen LogP contribution in [0.3, 0.4) is 0 Å². The molecule has 0 amide bonds. The van der Waals surface area contributed by atoms with E-state index in [1.54, 1.807) is 4.90 Å². The smallest absolute Gasteiger partial charge is 0.302 e. The number of anilines is 1. The molecule has 1 aromatic carbocycles. The standard InChI is InChI=1S/C15H23N3O4/c1-4-7-12-8-9-13(17(19)20)15(14(12)18(21)22)16(10-5-2)11-6-3/h8-9H,4-7,10-11H2,1-3H3. The molecule has 7 heteroatoms. The molecule has 0 saturated carbocycles. The van der Waals surface area contributed by atoms with Crippen molar-refractivity contribution >= 4 is 17.1 Å². The average Bonchev–Trinajstić information content (AvgIpc) is 2.46. The Balaban J connectivity index is 3.60. The monoisotopic (exact) mass is 309 g/mol. The third-order valence-electron chi connectivity index (χ3n) is 3.42. The Hall–Kier alpha value is -2.18. The molecule has 0 fully saturated rings. The Morgan fingerprint density at radius 2 is 1.55 bits per heavy atom. The van der Waals surface area contributed by atoms with Crippen LogP contribution < -0.4 is 4.90 Å². The highest BCUT2D eigenvalue weighted by Gasteiger charge is 2.32. The molecule has 122 valence electrons. The summed E-state index contributed by atoms with van der Waals surface area (Å²) in [5, 5.41) is 22.9. The molecule has 0 aliphatic carbocycles. The number of nitro benzene ring substituents is 2. The maximum Gasteiger partial charge on any atom is 0.302 e. The highest BCUT2D eigenvalue weighted by Crippen LogP contribution is 2.40. The van der Waals surface area contributed by atoms with E-state index in [-0.39, 0.29) is 17.1 Å². The second-order valence-electron chi connectivity index (χ2n) is 5.19. The quantitative estimate of drug-likeness (QED) is 0.506. The molecule has 0 aliphatic rings. The molecule has 0 bridgehead atoms. The minimum absolute atomic E-state index is 0.113. The van der Waals surface area contributed by atoms with Gasteiger partial charge in [0.25, 0.3) is 5.69 Å². The van der Waals surface area contributed by atoms with Gasteiger partial charge in [-0.3, -0.25) is 20.2 Å². The molecule has 1 rings (SSSR count). The number of nitrogens with zero attached hydrogens (tertiary/aromatic N) is 3. The topological polar surface area (TPSA) is 89.5 Å². The maximum atomic E-state index is 11.6. The number of rotatable bonds is 9. The fourth-order valence-electron chi connectivity index (χ4n) is 2.62. The fraction of sp³-hybridized carbons (Fsp3) is 0.600. The van der Waals surface area contributed by atoms with Gasteiger partial charge in [-0.1, -0.05) is 27.2 Å². The van der Waals surface area contributed by atoms with Gasteiger partial charge in [0.2, 0.25) is 0 Å². The van der Waals surface area contributed by atoms with E-state index >= 15 is 0 Å². The fourth-order valence-corrected chi connectivity index (χ4v) is 2.62. The highest BCUT2D eigenvalue weighted by atomic mass is 16.6. The van der Waals surface area contributed by atoms with Crippen LogP contribution >= 0.6 is 0 Å². The Labute approximate surface area is 130 Å². The lowest BCUT2D eigenvalue weighted by Crippen LogP contribution is -2.27. The summed E-state index contributed by atoms with van der Waals surface area (Å²) in [6, 6.07) is 2.91. The minimum Gasteiger partial charge on any atom is -0.360 e. The van der Waals surface area contributed by atoms with E-state index in [4.69, 9.17) is 0 Å². The maximum absolute atomic E-state index is 11.6. The predicted molar refractivity (Wildman–Crippen MR) is 86.5 cm³/mol. The molecule has 0 spiro atoms. The van der Waals surface area contributed by atoms with Crippen molar-refractivity contribution in [3.05, 3.63) is 37.9 Å². The van der Waals surface area contributed by atoms with Crippen LogP contribution in [-0.4, -0.2) is 22.9 Å². The normalized spacial score (nSPS) is 10.5. The minimum atomic E-state index is -0.531. The molecular formula is C15H23N3O4. The summed E-state index contributed by atoms with van der Waals surface area (Å²) in [4.78, 5) is 23.7. The number of benzene rings is 1. The molecule has 0 unspecified atom stereocenters. The van der Waals surface area contributed by atoms with E-state index in [1.165, 1.54) is 12.1 Å². The van der Waals surface area contributed by atoms with Crippen molar-refractivity contribution in [3.8, 4) is 0 Å². The van der Waals surface area contributed by atoms with Crippen molar-refractivity contribution in [1.29, 1.82) is 0 Å². The van der Waals surface area contributed by atoms with Crippen LogP contribution in [0.15, 0.2) is 12.1 Å². The van der Waals surface area contributed by atoms with Gasteiger partial charge >= 0.3 is 5.69 Å². The molecule has 1 aromatic rings. The largest absolute Gasteiger partial charge is 0.360 e. The van der Waals surface area contributed by atoms with Gasteiger partial charge in [-0.2, -0.15) is 0 Å². The summed E-state index contributed by atoms with van der Waals surface area (Å²) < 4.78 is 0. The van der Waals surface area contributed by atoms with Crippen LogP contribution in [-0.2, 0) is 6.42 Å². The summed E-state index contributed by atoms with van der Waals surface area (Å²) in [7, 11) is 0.